The number of aromatic nitrogens is 1. The number of halogens is 3. The van der Waals surface area contributed by atoms with Gasteiger partial charge in [-0.2, -0.15) is 0 Å². The molecular formula is C31H28ClF2N3O4. The van der Waals surface area contributed by atoms with Crippen molar-refractivity contribution < 1.29 is 27.9 Å². The number of amides is 2. The molecule has 1 N–H and O–H groups in total. The average molecular weight is 580 g/mol. The molecule has 0 radical (unpaired) electrons. The molecule has 2 bridgehead atoms. The van der Waals surface area contributed by atoms with Gasteiger partial charge in [0.2, 0.25) is 11.8 Å². The number of hydrogen-bond donors (Lipinski definition) is 1. The summed E-state index contributed by atoms with van der Waals surface area (Å²) in [7, 11) is 1.29. The van der Waals surface area contributed by atoms with Crippen LogP contribution in [-0.4, -0.2) is 41.3 Å². The maximum Gasteiger partial charge on any atom is 0.338 e. The zero-order valence-electron chi connectivity index (χ0n) is 22.5. The normalized spacial score (nSPS) is 19.3. The van der Waals surface area contributed by atoms with E-state index in [1.807, 2.05) is 6.92 Å². The molecule has 212 valence electrons. The van der Waals surface area contributed by atoms with Crippen LogP contribution in [0.2, 0.25) is 5.02 Å². The van der Waals surface area contributed by atoms with Gasteiger partial charge in [0, 0.05) is 36.0 Å². The van der Waals surface area contributed by atoms with Crippen molar-refractivity contribution in [2.45, 2.75) is 38.6 Å². The second kappa shape index (κ2) is 11.8. The number of fused-ring (bicyclic) bond motifs is 4. The summed E-state index contributed by atoms with van der Waals surface area (Å²) in [5.74, 6) is -3.18. The Kier molecular flexibility index (Phi) is 8.17. The molecular weight excluding hydrogens is 552 g/mol. The number of nitrogens with zero attached hydrogens (tertiary/aromatic N) is 2. The topological polar surface area (TPSA) is 88.6 Å². The van der Waals surface area contributed by atoms with Gasteiger partial charge in [0.1, 0.15) is 5.82 Å². The minimum absolute atomic E-state index is 0.188. The van der Waals surface area contributed by atoms with Crippen LogP contribution in [0.25, 0.3) is 16.7 Å². The van der Waals surface area contributed by atoms with E-state index in [1.54, 1.807) is 41.4 Å². The number of rotatable bonds is 3. The van der Waals surface area contributed by atoms with Crippen molar-refractivity contribution in [1.82, 2.24) is 9.88 Å². The molecule has 5 rings (SSSR count). The molecule has 0 spiro atoms. The molecule has 7 nitrogen and oxygen atoms in total. The van der Waals surface area contributed by atoms with Crippen LogP contribution in [0, 0.1) is 17.6 Å². The summed E-state index contributed by atoms with van der Waals surface area (Å²) in [4.78, 5) is 45.5. The van der Waals surface area contributed by atoms with Gasteiger partial charge < -0.3 is 15.0 Å². The summed E-state index contributed by atoms with van der Waals surface area (Å²) in [6.45, 7) is 2.03. The Morgan fingerprint density at radius 3 is 2.68 bits per heavy atom. The summed E-state index contributed by atoms with van der Waals surface area (Å²) >= 11 is 5.88. The third-order valence-electron chi connectivity index (χ3n) is 7.65. The molecule has 0 aliphatic carbocycles. The molecule has 10 heteroatoms. The Hall–Kier alpha value is -4.11. The number of pyridine rings is 1. The number of carbonyl (C=O) groups is 3. The molecule has 0 saturated carbocycles. The molecule has 41 heavy (non-hydrogen) atoms. The molecule has 0 saturated heterocycles. The van der Waals surface area contributed by atoms with Crippen LogP contribution in [0.1, 0.15) is 60.3 Å². The standard InChI is InChI=1S/C31H28ClF2N3O4/c1-17-5-3-8-25(37-14-12-19(16-26(37)38)28-22(33)10-9-21(32)29(28)34)24-15-18(11-13-35-24)27-20(31(40)41-2)6-4-7-23(27)36-30(17)39/h4,6-7,9-11,13,15-17,25H,3,5,8,12,14H2,1-2H3,(H,36,39). The van der Waals surface area contributed by atoms with Crippen molar-refractivity contribution in [3.8, 4) is 11.1 Å². The highest BCUT2D eigenvalue weighted by atomic mass is 35.5. The van der Waals surface area contributed by atoms with Gasteiger partial charge >= 0.3 is 5.97 Å². The predicted octanol–water partition coefficient (Wildman–Crippen LogP) is 6.58. The number of nitrogens with one attached hydrogen (secondary N) is 1. The summed E-state index contributed by atoms with van der Waals surface area (Å²) < 4.78 is 34.3. The maximum absolute atomic E-state index is 14.7. The third-order valence-corrected chi connectivity index (χ3v) is 7.94. The van der Waals surface area contributed by atoms with Crippen LogP contribution in [0.5, 0.6) is 0 Å². The number of methoxy groups -OCH3 is 1. The van der Waals surface area contributed by atoms with Gasteiger partial charge in [0.25, 0.3) is 0 Å². The summed E-state index contributed by atoms with van der Waals surface area (Å²) in [5, 5.41) is 2.74. The van der Waals surface area contributed by atoms with Crippen LogP contribution in [0.4, 0.5) is 14.5 Å². The molecule has 2 aliphatic heterocycles. The fourth-order valence-electron chi connectivity index (χ4n) is 5.48. The highest BCUT2D eigenvalue weighted by molar-refractivity contribution is 6.31. The lowest BCUT2D eigenvalue weighted by Gasteiger charge is -2.34. The van der Waals surface area contributed by atoms with Gasteiger partial charge in [0.05, 0.1) is 35.0 Å². The SMILES string of the molecule is COC(=O)c1cccc2c1-c1ccnc(c1)C(N1CCC(c3c(F)ccc(Cl)c3F)=CC1=O)CCCC(C)C(=O)N2. The molecule has 0 fully saturated rings. The van der Waals surface area contributed by atoms with Crippen LogP contribution in [-0.2, 0) is 14.3 Å². The average Bonchev–Trinajstić information content (AvgIpc) is 2.97. The second-order valence-electron chi connectivity index (χ2n) is 10.2. The fraction of sp³-hybridized carbons (Fsp3) is 0.290. The van der Waals surface area contributed by atoms with E-state index in [1.165, 1.54) is 13.2 Å². The van der Waals surface area contributed by atoms with Gasteiger partial charge in [-0.3, -0.25) is 14.6 Å². The number of anilines is 1. The van der Waals surface area contributed by atoms with Crippen LogP contribution < -0.4 is 5.32 Å². The number of carbonyl (C=O) groups excluding carboxylic acids is 3. The second-order valence-corrected chi connectivity index (χ2v) is 10.6. The first-order valence-electron chi connectivity index (χ1n) is 13.3. The molecule has 3 aromatic rings. The van der Waals surface area contributed by atoms with Gasteiger partial charge in [0.15, 0.2) is 5.82 Å². The van der Waals surface area contributed by atoms with E-state index in [4.69, 9.17) is 16.3 Å². The smallest absolute Gasteiger partial charge is 0.338 e. The summed E-state index contributed by atoms with van der Waals surface area (Å²) in [6, 6.07) is 10.3. The van der Waals surface area contributed by atoms with E-state index in [0.717, 1.165) is 12.1 Å². The fourth-order valence-corrected chi connectivity index (χ4v) is 5.64. The molecule has 2 amide bonds. The summed E-state index contributed by atoms with van der Waals surface area (Å²) in [5.41, 5.74) is 2.38. The lowest BCUT2D eigenvalue weighted by molar-refractivity contribution is -0.129. The van der Waals surface area contributed by atoms with Gasteiger partial charge in [-0.25, -0.2) is 13.6 Å². The van der Waals surface area contributed by atoms with E-state index in [2.05, 4.69) is 10.3 Å². The number of hydrogen-bond acceptors (Lipinski definition) is 5. The van der Waals surface area contributed by atoms with E-state index in [0.29, 0.717) is 41.8 Å². The number of esters is 1. The Morgan fingerprint density at radius 1 is 1.12 bits per heavy atom. The molecule has 3 heterocycles. The van der Waals surface area contributed by atoms with Crippen molar-refractivity contribution in [1.29, 1.82) is 0 Å². The minimum Gasteiger partial charge on any atom is -0.465 e. The van der Waals surface area contributed by atoms with E-state index >= 15 is 0 Å². The van der Waals surface area contributed by atoms with Gasteiger partial charge in [-0.1, -0.05) is 31.0 Å². The highest BCUT2D eigenvalue weighted by Gasteiger charge is 2.32. The number of ether oxygens (including phenoxy) is 1. The Labute approximate surface area is 241 Å². The van der Waals surface area contributed by atoms with E-state index in [9.17, 15) is 23.2 Å². The predicted molar refractivity (Wildman–Crippen MR) is 151 cm³/mol. The van der Waals surface area contributed by atoms with Crippen molar-refractivity contribution in [2.24, 2.45) is 5.92 Å². The Morgan fingerprint density at radius 2 is 1.93 bits per heavy atom. The van der Waals surface area contributed by atoms with Crippen LogP contribution in [0.3, 0.4) is 0 Å². The first-order chi connectivity index (χ1) is 19.7. The molecule has 2 atom stereocenters. The van der Waals surface area contributed by atoms with Crippen LogP contribution in [0.15, 0.2) is 54.7 Å². The first kappa shape index (κ1) is 28.4. The lowest BCUT2D eigenvalue weighted by atomic mass is 9.91. The Balaban J connectivity index is 1.58. The van der Waals surface area contributed by atoms with Gasteiger partial charge in [-0.15, -0.1) is 0 Å². The zero-order valence-corrected chi connectivity index (χ0v) is 23.3. The third kappa shape index (κ3) is 5.59. The minimum atomic E-state index is -0.896. The van der Waals surface area contributed by atoms with E-state index < -0.39 is 29.6 Å². The molecule has 2 unspecified atom stereocenters. The maximum atomic E-state index is 14.7. The monoisotopic (exact) mass is 579 g/mol. The van der Waals surface area contributed by atoms with Crippen molar-refractivity contribution in [2.75, 3.05) is 19.0 Å². The highest BCUT2D eigenvalue weighted by Crippen LogP contribution is 2.38. The zero-order chi connectivity index (χ0) is 29.3. The first-order valence-corrected chi connectivity index (χ1v) is 13.7. The van der Waals surface area contributed by atoms with Crippen LogP contribution >= 0.6 is 11.6 Å². The molecule has 1 aromatic heterocycles. The van der Waals surface area contributed by atoms with Crippen molar-refractivity contribution in [3.05, 3.63) is 88.2 Å². The van der Waals surface area contributed by atoms with Gasteiger partial charge in [-0.05, 0) is 66.8 Å². The molecule has 2 aliphatic rings. The molecule has 2 aromatic carbocycles. The van der Waals surface area contributed by atoms with E-state index in [-0.39, 0.29) is 46.5 Å². The number of benzene rings is 2. The lowest BCUT2D eigenvalue weighted by Crippen LogP contribution is -2.38. The van der Waals surface area contributed by atoms with Crippen molar-refractivity contribution >= 4 is 40.6 Å². The van der Waals surface area contributed by atoms with Crippen molar-refractivity contribution in [3.63, 3.8) is 0 Å². The Bertz CT molecular complexity index is 1570. The largest absolute Gasteiger partial charge is 0.465 e. The quantitative estimate of drug-likeness (QED) is 0.280. The summed E-state index contributed by atoms with van der Waals surface area (Å²) in [6.07, 6.45) is 4.74.